The summed E-state index contributed by atoms with van der Waals surface area (Å²) in [6.07, 6.45) is 6.56. The Morgan fingerprint density at radius 2 is 1.77 bits per heavy atom. The van der Waals surface area contributed by atoms with Crippen LogP contribution < -0.4 is 10.4 Å². The van der Waals surface area contributed by atoms with Crippen molar-refractivity contribution in [3.8, 4) is 5.75 Å². The molecule has 0 aromatic heterocycles. The number of aryl methyl sites for hydroxylation is 1. The summed E-state index contributed by atoms with van der Waals surface area (Å²) in [4.78, 5) is 0. The van der Waals surface area contributed by atoms with Crippen molar-refractivity contribution in [1.29, 1.82) is 0 Å². The van der Waals surface area contributed by atoms with Crippen LogP contribution in [0.25, 0.3) is 11.6 Å². The molecule has 0 spiro atoms. The van der Waals surface area contributed by atoms with Crippen LogP contribution in [0.4, 0.5) is 0 Å². The molecular weight excluding hydrogens is 272 g/mol. The van der Waals surface area contributed by atoms with Crippen LogP contribution in [0.3, 0.4) is 0 Å². The normalized spacial score (nSPS) is 20.0. The standard InChI is InChI=1S/C20H20O2/c21-17-11-9-13-5-1-3-7-15(13)19(17)20-16-8-4-2-6-14(16)10-12-18(20)22/h1,3,5,7,9-10,12,17,21-22H,2,4,6,8,11H2. The van der Waals surface area contributed by atoms with Crippen molar-refractivity contribution in [2.24, 2.45) is 0 Å². The van der Waals surface area contributed by atoms with Crippen LogP contribution in [0, 0.1) is 0 Å². The Kier molecular flexibility index (Phi) is 3.27. The van der Waals surface area contributed by atoms with Gasteiger partial charge in [-0.2, -0.15) is 0 Å². The summed E-state index contributed by atoms with van der Waals surface area (Å²) in [6, 6.07) is 12.0. The van der Waals surface area contributed by atoms with Gasteiger partial charge in [0.2, 0.25) is 0 Å². The van der Waals surface area contributed by atoms with Crippen molar-refractivity contribution in [3.63, 3.8) is 0 Å². The molecular formula is C20H20O2. The van der Waals surface area contributed by atoms with Crippen molar-refractivity contribution in [1.82, 2.24) is 0 Å². The van der Waals surface area contributed by atoms with Crippen LogP contribution in [0.5, 0.6) is 5.75 Å². The van der Waals surface area contributed by atoms with E-state index in [4.69, 9.17) is 0 Å². The van der Waals surface area contributed by atoms with Crippen molar-refractivity contribution in [2.45, 2.75) is 38.2 Å². The van der Waals surface area contributed by atoms with Gasteiger partial charge < -0.3 is 10.2 Å². The smallest absolute Gasteiger partial charge is 0.123 e. The number of aliphatic hydroxyl groups excluding tert-OH is 1. The maximum atomic E-state index is 10.6. The highest BCUT2D eigenvalue weighted by molar-refractivity contribution is 5.78. The largest absolute Gasteiger partial charge is 0.507 e. The third-order valence-electron chi connectivity index (χ3n) is 4.93. The van der Waals surface area contributed by atoms with E-state index in [-0.39, 0.29) is 0 Å². The van der Waals surface area contributed by atoms with E-state index in [0.717, 1.165) is 40.8 Å². The Bertz CT molecular complexity index is 848. The number of hydrogen-bond donors (Lipinski definition) is 2. The van der Waals surface area contributed by atoms with Crippen molar-refractivity contribution >= 4 is 11.6 Å². The number of hydrogen-bond acceptors (Lipinski definition) is 2. The molecule has 2 aromatic rings. The van der Waals surface area contributed by atoms with Crippen molar-refractivity contribution in [2.75, 3.05) is 0 Å². The molecule has 112 valence electrons. The number of fused-ring (bicyclic) bond motifs is 2. The maximum absolute atomic E-state index is 10.6. The van der Waals surface area contributed by atoms with Gasteiger partial charge in [0, 0.05) is 5.56 Å². The van der Waals surface area contributed by atoms with Gasteiger partial charge in [0.15, 0.2) is 0 Å². The Labute approximate surface area is 130 Å². The topological polar surface area (TPSA) is 40.5 Å². The number of aromatic hydroxyl groups is 1. The lowest BCUT2D eigenvalue weighted by Gasteiger charge is -2.25. The minimum Gasteiger partial charge on any atom is -0.507 e. The van der Waals surface area contributed by atoms with Gasteiger partial charge in [-0.05, 0) is 65.3 Å². The van der Waals surface area contributed by atoms with E-state index in [0.29, 0.717) is 12.2 Å². The summed E-state index contributed by atoms with van der Waals surface area (Å²) in [5.74, 6) is 0.298. The Hall–Kier alpha value is -2.06. The first-order valence-corrected chi connectivity index (χ1v) is 8.07. The van der Waals surface area contributed by atoms with Crippen LogP contribution in [0.15, 0.2) is 36.4 Å². The second kappa shape index (κ2) is 5.29. The van der Waals surface area contributed by atoms with Crippen LogP contribution >= 0.6 is 0 Å². The number of benzene rings is 2. The third kappa shape index (κ3) is 2.06. The lowest BCUT2D eigenvalue weighted by atomic mass is 9.81. The second-order valence-corrected chi connectivity index (χ2v) is 6.26. The van der Waals surface area contributed by atoms with Gasteiger partial charge in [-0.3, -0.25) is 0 Å². The van der Waals surface area contributed by atoms with Gasteiger partial charge >= 0.3 is 0 Å². The van der Waals surface area contributed by atoms with E-state index >= 15 is 0 Å². The van der Waals surface area contributed by atoms with Gasteiger partial charge in [-0.15, -0.1) is 0 Å². The quantitative estimate of drug-likeness (QED) is 0.844. The van der Waals surface area contributed by atoms with Crippen LogP contribution in [0.2, 0.25) is 0 Å². The third-order valence-corrected chi connectivity index (χ3v) is 4.93. The van der Waals surface area contributed by atoms with Crippen molar-refractivity contribution in [3.05, 3.63) is 63.5 Å². The summed E-state index contributed by atoms with van der Waals surface area (Å²) in [7, 11) is 0. The molecule has 0 bridgehead atoms. The number of phenolic OH excluding ortho intramolecular Hbond substituents is 1. The zero-order chi connectivity index (χ0) is 15.1. The summed E-state index contributed by atoms with van der Waals surface area (Å²) in [5.41, 5.74) is 4.34. The predicted octanol–water partition coefficient (Wildman–Crippen LogP) is 2.02. The van der Waals surface area contributed by atoms with E-state index in [1.807, 2.05) is 24.3 Å². The minimum atomic E-state index is -0.547. The van der Waals surface area contributed by atoms with E-state index in [9.17, 15) is 10.2 Å². The summed E-state index contributed by atoms with van der Waals surface area (Å²) >= 11 is 0. The molecule has 2 N–H and O–H groups in total. The van der Waals surface area contributed by atoms with E-state index in [1.54, 1.807) is 6.07 Å². The number of rotatable bonds is 1. The highest BCUT2D eigenvalue weighted by Gasteiger charge is 2.24. The molecule has 2 aliphatic rings. The monoisotopic (exact) mass is 292 g/mol. The number of phenols is 1. The van der Waals surface area contributed by atoms with Crippen LogP contribution in [-0.4, -0.2) is 16.3 Å². The molecule has 2 nitrogen and oxygen atoms in total. The molecule has 1 unspecified atom stereocenters. The highest BCUT2D eigenvalue weighted by Crippen LogP contribution is 2.36. The Morgan fingerprint density at radius 3 is 2.68 bits per heavy atom. The molecule has 0 fully saturated rings. The van der Waals surface area contributed by atoms with E-state index in [1.165, 1.54) is 17.5 Å². The summed E-state index contributed by atoms with van der Waals surface area (Å²) in [5, 5.41) is 23.3. The second-order valence-electron chi connectivity index (χ2n) is 6.26. The fourth-order valence-corrected chi connectivity index (χ4v) is 3.87. The summed E-state index contributed by atoms with van der Waals surface area (Å²) < 4.78 is 0. The van der Waals surface area contributed by atoms with Gasteiger partial charge in [0.25, 0.3) is 0 Å². The first kappa shape index (κ1) is 13.6. The summed E-state index contributed by atoms with van der Waals surface area (Å²) in [6.45, 7) is 0. The first-order valence-electron chi connectivity index (χ1n) is 8.07. The lowest BCUT2D eigenvalue weighted by molar-refractivity contribution is 0.237. The van der Waals surface area contributed by atoms with Crippen LogP contribution in [-0.2, 0) is 12.8 Å². The molecule has 1 atom stereocenters. The fourth-order valence-electron chi connectivity index (χ4n) is 3.87. The zero-order valence-corrected chi connectivity index (χ0v) is 12.5. The SMILES string of the molecule is Oc1ccc2c(c1C1=c3ccccc3=CCC1O)CCCC2. The molecule has 0 radical (unpaired) electrons. The molecule has 2 heteroatoms. The Morgan fingerprint density at radius 1 is 0.955 bits per heavy atom. The van der Waals surface area contributed by atoms with Gasteiger partial charge in [-0.1, -0.05) is 36.4 Å². The van der Waals surface area contributed by atoms with Crippen LogP contribution in [0.1, 0.15) is 36.0 Å². The molecule has 0 aliphatic heterocycles. The first-order chi connectivity index (χ1) is 10.8. The van der Waals surface area contributed by atoms with E-state index in [2.05, 4.69) is 12.1 Å². The average molecular weight is 292 g/mol. The van der Waals surface area contributed by atoms with E-state index < -0.39 is 6.10 Å². The molecule has 2 aromatic carbocycles. The molecule has 4 rings (SSSR count). The fraction of sp³-hybridized carbons (Fsp3) is 0.300. The molecule has 0 amide bonds. The molecule has 22 heavy (non-hydrogen) atoms. The maximum Gasteiger partial charge on any atom is 0.123 e. The van der Waals surface area contributed by atoms with Gasteiger partial charge in [0.05, 0.1) is 6.10 Å². The lowest BCUT2D eigenvalue weighted by Crippen LogP contribution is -2.35. The average Bonchev–Trinajstić information content (AvgIpc) is 2.56. The molecule has 2 aliphatic carbocycles. The number of aliphatic hydroxyl groups is 1. The molecule has 0 saturated carbocycles. The predicted molar refractivity (Wildman–Crippen MR) is 88.0 cm³/mol. The van der Waals surface area contributed by atoms with Crippen molar-refractivity contribution < 1.29 is 10.2 Å². The Balaban J connectivity index is 2.09. The van der Waals surface area contributed by atoms with Gasteiger partial charge in [-0.25, -0.2) is 0 Å². The minimum absolute atomic E-state index is 0.298. The highest BCUT2D eigenvalue weighted by atomic mass is 16.3. The molecule has 0 saturated heterocycles. The zero-order valence-electron chi connectivity index (χ0n) is 12.5. The molecule has 0 heterocycles. The van der Waals surface area contributed by atoms with Gasteiger partial charge in [0.1, 0.15) is 5.75 Å².